The van der Waals surface area contributed by atoms with Gasteiger partial charge in [-0.05, 0) is 19.3 Å². The maximum atomic E-state index is 12.1. The van der Waals surface area contributed by atoms with E-state index in [0.29, 0.717) is 17.3 Å². The predicted molar refractivity (Wildman–Crippen MR) is 81.8 cm³/mol. The van der Waals surface area contributed by atoms with Gasteiger partial charge in [0, 0.05) is 24.3 Å². The van der Waals surface area contributed by atoms with Crippen molar-refractivity contribution in [2.45, 2.75) is 32.8 Å². The van der Waals surface area contributed by atoms with E-state index in [-0.39, 0.29) is 12.1 Å². The van der Waals surface area contributed by atoms with Gasteiger partial charge in [0.15, 0.2) is 4.96 Å². The fourth-order valence-corrected chi connectivity index (χ4v) is 2.97. The second-order valence-corrected chi connectivity index (χ2v) is 6.68. The standard InChI is InChI=1S/C14H19N3O3S/c1-9(2)6-14(3,20)8-16-11(18)10-7-15-13-17(12(10)19)4-5-21-13/h4-5,7,9,20H,6,8H2,1-3H3,(H,16,18). The quantitative estimate of drug-likeness (QED) is 0.871. The third kappa shape index (κ3) is 3.68. The Hall–Kier alpha value is -1.73. The molecule has 1 atom stereocenters. The Morgan fingerprint density at radius 1 is 1.57 bits per heavy atom. The molecule has 0 fully saturated rings. The van der Waals surface area contributed by atoms with Crippen molar-refractivity contribution < 1.29 is 9.90 Å². The third-order valence-corrected chi connectivity index (χ3v) is 3.84. The number of carbonyl (C=O) groups is 1. The highest BCUT2D eigenvalue weighted by atomic mass is 32.1. The molecule has 0 aliphatic rings. The SMILES string of the molecule is CC(C)CC(C)(O)CNC(=O)c1cnc2sccn2c1=O. The Balaban J connectivity index is 2.12. The van der Waals surface area contributed by atoms with Gasteiger partial charge < -0.3 is 10.4 Å². The van der Waals surface area contributed by atoms with Gasteiger partial charge in [0.2, 0.25) is 0 Å². The molecule has 0 saturated carbocycles. The molecule has 0 aliphatic heterocycles. The van der Waals surface area contributed by atoms with Gasteiger partial charge >= 0.3 is 0 Å². The Labute approximate surface area is 126 Å². The van der Waals surface area contributed by atoms with E-state index in [4.69, 9.17) is 0 Å². The summed E-state index contributed by atoms with van der Waals surface area (Å²) < 4.78 is 1.34. The largest absolute Gasteiger partial charge is 0.388 e. The second kappa shape index (κ2) is 5.95. The molecule has 1 amide bonds. The van der Waals surface area contributed by atoms with Crippen LogP contribution in [0.1, 0.15) is 37.6 Å². The van der Waals surface area contributed by atoms with Crippen LogP contribution in [0.25, 0.3) is 4.96 Å². The Kier molecular flexibility index (Phi) is 4.43. The third-order valence-electron chi connectivity index (χ3n) is 3.07. The lowest BCUT2D eigenvalue weighted by atomic mass is 9.94. The Morgan fingerprint density at radius 3 is 2.95 bits per heavy atom. The van der Waals surface area contributed by atoms with Crippen molar-refractivity contribution in [1.82, 2.24) is 14.7 Å². The average molecular weight is 309 g/mol. The minimum atomic E-state index is -1.00. The molecule has 2 aromatic heterocycles. The number of carbonyl (C=O) groups excluding carboxylic acids is 1. The lowest BCUT2D eigenvalue weighted by Gasteiger charge is -2.25. The van der Waals surface area contributed by atoms with Gasteiger partial charge in [-0.25, -0.2) is 4.98 Å². The molecule has 0 saturated heterocycles. The Bertz CT molecular complexity index is 703. The van der Waals surface area contributed by atoms with E-state index < -0.39 is 17.1 Å². The summed E-state index contributed by atoms with van der Waals surface area (Å²) in [4.78, 5) is 28.8. The smallest absolute Gasteiger partial charge is 0.271 e. The predicted octanol–water partition coefficient (Wildman–Crippen LogP) is 1.28. The van der Waals surface area contributed by atoms with E-state index in [9.17, 15) is 14.7 Å². The number of fused-ring (bicyclic) bond motifs is 1. The van der Waals surface area contributed by atoms with Crippen LogP contribution in [0, 0.1) is 5.92 Å². The van der Waals surface area contributed by atoms with Crippen molar-refractivity contribution in [3.8, 4) is 0 Å². The summed E-state index contributed by atoms with van der Waals surface area (Å²) in [5.41, 5.74) is -1.42. The number of rotatable bonds is 5. The van der Waals surface area contributed by atoms with Crippen molar-refractivity contribution in [2.24, 2.45) is 5.92 Å². The topological polar surface area (TPSA) is 83.7 Å². The molecule has 114 valence electrons. The minimum absolute atomic E-state index is 0.0220. The zero-order valence-corrected chi connectivity index (χ0v) is 13.1. The van der Waals surface area contributed by atoms with Crippen molar-refractivity contribution >= 4 is 22.2 Å². The summed E-state index contributed by atoms with van der Waals surface area (Å²) in [5, 5.41) is 14.5. The number of hydrogen-bond donors (Lipinski definition) is 2. The van der Waals surface area contributed by atoms with Crippen LogP contribution in [0.2, 0.25) is 0 Å². The normalized spacial score (nSPS) is 14.3. The van der Waals surface area contributed by atoms with E-state index in [1.54, 1.807) is 18.5 Å². The zero-order valence-electron chi connectivity index (χ0n) is 12.3. The van der Waals surface area contributed by atoms with Crippen LogP contribution in [-0.4, -0.2) is 32.5 Å². The van der Waals surface area contributed by atoms with Gasteiger partial charge in [-0.3, -0.25) is 14.0 Å². The molecule has 6 nitrogen and oxygen atoms in total. The summed E-state index contributed by atoms with van der Waals surface area (Å²) in [7, 11) is 0. The van der Waals surface area contributed by atoms with Crippen LogP contribution in [0.3, 0.4) is 0 Å². The maximum Gasteiger partial charge on any atom is 0.271 e. The summed E-state index contributed by atoms with van der Waals surface area (Å²) >= 11 is 1.33. The molecule has 2 aromatic rings. The average Bonchev–Trinajstić information content (AvgIpc) is 2.84. The molecular formula is C14H19N3O3S. The van der Waals surface area contributed by atoms with Gasteiger partial charge in [0.25, 0.3) is 11.5 Å². The number of hydrogen-bond acceptors (Lipinski definition) is 5. The molecule has 0 spiro atoms. The first-order chi connectivity index (χ1) is 9.80. The number of aromatic nitrogens is 2. The number of nitrogens with one attached hydrogen (secondary N) is 1. The highest BCUT2D eigenvalue weighted by Gasteiger charge is 2.23. The van der Waals surface area contributed by atoms with Gasteiger partial charge in [-0.1, -0.05) is 13.8 Å². The van der Waals surface area contributed by atoms with Crippen molar-refractivity contribution in [1.29, 1.82) is 0 Å². The van der Waals surface area contributed by atoms with E-state index in [0.717, 1.165) is 0 Å². The number of amides is 1. The number of thiazole rings is 1. The first kappa shape index (κ1) is 15.7. The first-order valence-electron chi connectivity index (χ1n) is 6.75. The molecule has 0 aliphatic carbocycles. The van der Waals surface area contributed by atoms with Crippen molar-refractivity contribution in [2.75, 3.05) is 6.54 Å². The van der Waals surface area contributed by atoms with Gasteiger partial charge in [-0.15, -0.1) is 11.3 Å². The number of aliphatic hydroxyl groups is 1. The maximum absolute atomic E-state index is 12.1. The zero-order chi connectivity index (χ0) is 15.6. The van der Waals surface area contributed by atoms with Gasteiger partial charge in [0.1, 0.15) is 5.56 Å². The summed E-state index contributed by atoms with van der Waals surface area (Å²) in [6.07, 6.45) is 3.43. The van der Waals surface area contributed by atoms with Crippen LogP contribution in [0.5, 0.6) is 0 Å². The lowest BCUT2D eigenvalue weighted by Crippen LogP contribution is -2.43. The summed E-state index contributed by atoms with van der Waals surface area (Å²) in [5.74, 6) is -0.205. The van der Waals surface area contributed by atoms with E-state index in [1.165, 1.54) is 21.9 Å². The second-order valence-electron chi connectivity index (χ2n) is 5.81. The molecule has 2 heterocycles. The molecule has 0 aromatic carbocycles. The van der Waals surface area contributed by atoms with E-state index in [2.05, 4.69) is 10.3 Å². The Morgan fingerprint density at radius 2 is 2.29 bits per heavy atom. The molecule has 1 unspecified atom stereocenters. The van der Waals surface area contributed by atoms with Gasteiger partial charge in [0.05, 0.1) is 5.60 Å². The fourth-order valence-electron chi connectivity index (χ4n) is 2.30. The van der Waals surface area contributed by atoms with Crippen LogP contribution in [0.4, 0.5) is 0 Å². The van der Waals surface area contributed by atoms with Crippen LogP contribution in [-0.2, 0) is 0 Å². The van der Waals surface area contributed by atoms with Crippen LogP contribution >= 0.6 is 11.3 Å². The molecule has 21 heavy (non-hydrogen) atoms. The molecular weight excluding hydrogens is 290 g/mol. The number of nitrogens with zero attached hydrogens (tertiary/aromatic N) is 2. The highest BCUT2D eigenvalue weighted by Crippen LogP contribution is 2.15. The van der Waals surface area contributed by atoms with Crippen LogP contribution < -0.4 is 10.9 Å². The molecule has 2 N–H and O–H groups in total. The summed E-state index contributed by atoms with van der Waals surface area (Å²) in [6, 6.07) is 0. The van der Waals surface area contributed by atoms with Gasteiger partial charge in [-0.2, -0.15) is 0 Å². The van der Waals surface area contributed by atoms with E-state index >= 15 is 0 Å². The van der Waals surface area contributed by atoms with E-state index in [1.807, 2.05) is 13.8 Å². The molecule has 0 radical (unpaired) electrons. The molecule has 2 rings (SSSR count). The fraction of sp³-hybridized carbons (Fsp3) is 0.500. The first-order valence-corrected chi connectivity index (χ1v) is 7.63. The van der Waals surface area contributed by atoms with Crippen LogP contribution in [0.15, 0.2) is 22.6 Å². The molecule has 0 bridgehead atoms. The summed E-state index contributed by atoms with van der Waals surface area (Å²) in [6.45, 7) is 5.75. The van der Waals surface area contributed by atoms with Crippen molar-refractivity contribution in [3.63, 3.8) is 0 Å². The lowest BCUT2D eigenvalue weighted by molar-refractivity contribution is 0.0368. The highest BCUT2D eigenvalue weighted by molar-refractivity contribution is 7.15. The molecule has 7 heteroatoms. The minimum Gasteiger partial charge on any atom is -0.388 e. The van der Waals surface area contributed by atoms with Crippen molar-refractivity contribution in [3.05, 3.63) is 33.7 Å². The monoisotopic (exact) mass is 309 g/mol.